The first-order chi connectivity index (χ1) is 15.6. The summed E-state index contributed by atoms with van der Waals surface area (Å²) in [5, 5.41) is 0. The number of aromatic nitrogens is 1. The number of hydrogen-bond acceptors (Lipinski definition) is 6. The van der Waals surface area contributed by atoms with Crippen LogP contribution in [-0.2, 0) is 33.4 Å². The second-order valence-corrected chi connectivity index (χ2v) is 6.96. The Hall–Kier alpha value is -3.30. The van der Waals surface area contributed by atoms with Gasteiger partial charge in [-0.05, 0) is 55.7 Å². The van der Waals surface area contributed by atoms with Crippen LogP contribution in [0.4, 0.5) is 18.0 Å². The van der Waals surface area contributed by atoms with E-state index in [1.54, 1.807) is 26.8 Å². The molecule has 33 heavy (non-hydrogen) atoms. The van der Waals surface area contributed by atoms with E-state index in [1.807, 2.05) is 0 Å². The summed E-state index contributed by atoms with van der Waals surface area (Å²) in [6.45, 7) is 5.50. The molecule has 0 aliphatic rings. The third-order valence-corrected chi connectivity index (χ3v) is 4.75. The number of amides is 1. The molecule has 2 rings (SSSR count). The van der Waals surface area contributed by atoms with Gasteiger partial charge in [0, 0.05) is 24.8 Å². The second kappa shape index (κ2) is 11.5. The first kappa shape index (κ1) is 26.0. The number of methoxy groups -OCH3 is 1. The van der Waals surface area contributed by atoms with Crippen molar-refractivity contribution in [2.75, 3.05) is 26.9 Å². The number of ether oxygens (including phenoxy) is 3. The zero-order valence-corrected chi connectivity index (χ0v) is 19.0. The predicted molar refractivity (Wildman–Crippen MR) is 115 cm³/mol. The van der Waals surface area contributed by atoms with Crippen molar-refractivity contribution in [2.24, 2.45) is 0 Å². The Balaban J connectivity index is 2.60. The van der Waals surface area contributed by atoms with Crippen molar-refractivity contribution in [1.82, 2.24) is 9.88 Å². The summed E-state index contributed by atoms with van der Waals surface area (Å²) in [4.78, 5) is 29.7. The van der Waals surface area contributed by atoms with Gasteiger partial charge in [0.25, 0.3) is 0 Å². The Labute approximate surface area is 190 Å². The molecule has 0 spiro atoms. The topological polar surface area (TPSA) is 78.0 Å². The largest absolute Gasteiger partial charge is 0.481 e. The Morgan fingerprint density at radius 3 is 2.30 bits per heavy atom. The fraction of sp³-hybridized carbons (Fsp3) is 0.435. The fourth-order valence-electron chi connectivity index (χ4n) is 3.22. The molecule has 0 aliphatic heterocycles. The predicted octanol–water partition coefficient (Wildman–Crippen LogP) is 4.86. The molecule has 10 heteroatoms. The quantitative estimate of drug-likeness (QED) is 0.489. The monoisotopic (exact) mass is 468 g/mol. The molecule has 1 aromatic carbocycles. The van der Waals surface area contributed by atoms with Gasteiger partial charge >= 0.3 is 18.2 Å². The summed E-state index contributed by atoms with van der Waals surface area (Å²) in [6, 6.07) is 4.88. The van der Waals surface area contributed by atoms with Crippen molar-refractivity contribution in [2.45, 2.75) is 39.9 Å². The number of hydrogen-bond donors (Lipinski definition) is 0. The SMILES string of the molecule is CCOC(=O)Cc1cnc(OC)c(-c2ccc(C(F)(F)F)cc2CN(CC)C(=O)OCC)c1. The van der Waals surface area contributed by atoms with Gasteiger partial charge in [-0.25, -0.2) is 9.78 Å². The number of pyridine rings is 1. The van der Waals surface area contributed by atoms with E-state index in [0.717, 1.165) is 12.1 Å². The van der Waals surface area contributed by atoms with Crippen molar-refractivity contribution < 1.29 is 37.0 Å². The van der Waals surface area contributed by atoms with Gasteiger partial charge in [-0.15, -0.1) is 0 Å². The molecule has 0 fully saturated rings. The molecule has 0 N–H and O–H groups in total. The second-order valence-electron chi connectivity index (χ2n) is 6.96. The maximum absolute atomic E-state index is 13.4. The van der Waals surface area contributed by atoms with Crippen molar-refractivity contribution in [3.63, 3.8) is 0 Å². The Morgan fingerprint density at radius 2 is 1.73 bits per heavy atom. The zero-order valence-electron chi connectivity index (χ0n) is 19.0. The van der Waals surface area contributed by atoms with Crippen LogP contribution in [0.25, 0.3) is 11.1 Å². The molecule has 0 saturated carbocycles. The molecular formula is C23H27F3N2O5. The first-order valence-electron chi connectivity index (χ1n) is 10.4. The zero-order chi connectivity index (χ0) is 24.6. The average molecular weight is 468 g/mol. The molecule has 2 aromatic rings. The summed E-state index contributed by atoms with van der Waals surface area (Å²) < 4.78 is 55.6. The van der Waals surface area contributed by atoms with Gasteiger partial charge in [0.2, 0.25) is 5.88 Å². The van der Waals surface area contributed by atoms with Crippen LogP contribution in [0.15, 0.2) is 30.5 Å². The molecule has 0 bridgehead atoms. The van der Waals surface area contributed by atoms with Crippen LogP contribution < -0.4 is 4.74 Å². The Kier molecular flexibility index (Phi) is 9.07. The highest BCUT2D eigenvalue weighted by Crippen LogP contribution is 2.37. The van der Waals surface area contributed by atoms with Gasteiger partial charge in [0.15, 0.2) is 0 Å². The minimum absolute atomic E-state index is 0.0578. The number of esters is 1. The first-order valence-corrected chi connectivity index (χ1v) is 10.4. The van der Waals surface area contributed by atoms with Crippen LogP contribution in [0.5, 0.6) is 5.88 Å². The Morgan fingerprint density at radius 1 is 1.03 bits per heavy atom. The van der Waals surface area contributed by atoms with Crippen LogP contribution in [0.3, 0.4) is 0 Å². The van der Waals surface area contributed by atoms with Crippen LogP contribution in [0.1, 0.15) is 37.5 Å². The maximum Gasteiger partial charge on any atom is 0.416 e. The average Bonchev–Trinajstić information content (AvgIpc) is 2.77. The van der Waals surface area contributed by atoms with E-state index in [2.05, 4.69) is 4.98 Å². The van der Waals surface area contributed by atoms with Crippen molar-refractivity contribution >= 4 is 12.1 Å². The molecule has 1 heterocycles. The lowest BCUT2D eigenvalue weighted by molar-refractivity contribution is -0.142. The van der Waals surface area contributed by atoms with E-state index in [0.29, 0.717) is 16.7 Å². The molecule has 1 aromatic heterocycles. The molecule has 0 saturated heterocycles. The summed E-state index contributed by atoms with van der Waals surface area (Å²) in [5.41, 5.74) is 0.667. The van der Waals surface area contributed by atoms with E-state index in [9.17, 15) is 22.8 Å². The summed E-state index contributed by atoms with van der Waals surface area (Å²) in [6.07, 6.45) is -3.82. The summed E-state index contributed by atoms with van der Waals surface area (Å²) in [7, 11) is 1.39. The lowest BCUT2D eigenvalue weighted by Crippen LogP contribution is -2.31. The smallest absolute Gasteiger partial charge is 0.416 e. The number of carbonyl (C=O) groups excluding carboxylic acids is 2. The van der Waals surface area contributed by atoms with Crippen molar-refractivity contribution in [3.8, 4) is 17.0 Å². The molecule has 7 nitrogen and oxygen atoms in total. The molecule has 180 valence electrons. The maximum atomic E-state index is 13.4. The van der Waals surface area contributed by atoms with E-state index in [1.165, 1.54) is 24.3 Å². The third kappa shape index (κ3) is 6.84. The van der Waals surface area contributed by atoms with Crippen molar-refractivity contribution in [3.05, 3.63) is 47.2 Å². The van der Waals surface area contributed by atoms with Gasteiger partial charge < -0.3 is 19.1 Å². The molecular weight excluding hydrogens is 441 g/mol. The lowest BCUT2D eigenvalue weighted by Gasteiger charge is -2.23. The third-order valence-electron chi connectivity index (χ3n) is 4.75. The minimum atomic E-state index is -4.57. The van der Waals surface area contributed by atoms with Gasteiger partial charge in [0.1, 0.15) is 0 Å². The van der Waals surface area contributed by atoms with E-state index in [-0.39, 0.29) is 44.2 Å². The van der Waals surface area contributed by atoms with E-state index < -0.39 is 23.8 Å². The van der Waals surface area contributed by atoms with E-state index in [4.69, 9.17) is 14.2 Å². The highest BCUT2D eigenvalue weighted by molar-refractivity contribution is 5.77. The number of benzene rings is 1. The van der Waals surface area contributed by atoms with Crippen LogP contribution >= 0.6 is 0 Å². The Bertz CT molecular complexity index is 979. The number of carbonyl (C=O) groups is 2. The van der Waals surface area contributed by atoms with Crippen LogP contribution in [-0.4, -0.2) is 48.8 Å². The normalized spacial score (nSPS) is 11.1. The minimum Gasteiger partial charge on any atom is -0.481 e. The van der Waals surface area contributed by atoms with Crippen LogP contribution in [0, 0.1) is 0 Å². The molecule has 0 radical (unpaired) electrons. The summed E-state index contributed by atoms with van der Waals surface area (Å²) in [5.74, 6) is -0.287. The number of halogens is 3. The van der Waals surface area contributed by atoms with Crippen molar-refractivity contribution in [1.29, 1.82) is 0 Å². The fourth-order valence-corrected chi connectivity index (χ4v) is 3.22. The van der Waals surface area contributed by atoms with Gasteiger partial charge in [-0.1, -0.05) is 6.07 Å². The van der Waals surface area contributed by atoms with Gasteiger partial charge in [0.05, 0.1) is 32.3 Å². The molecule has 0 unspecified atom stereocenters. The van der Waals surface area contributed by atoms with Crippen LogP contribution in [0.2, 0.25) is 0 Å². The highest BCUT2D eigenvalue weighted by atomic mass is 19.4. The van der Waals surface area contributed by atoms with Gasteiger partial charge in [-0.3, -0.25) is 4.79 Å². The molecule has 0 aliphatic carbocycles. The molecule has 0 atom stereocenters. The highest BCUT2D eigenvalue weighted by Gasteiger charge is 2.32. The molecule has 1 amide bonds. The number of rotatable bonds is 9. The standard InChI is InChI=1S/C23H27F3N2O5/c1-5-28(22(30)33-7-3)14-16-12-17(23(24,25)26)8-9-18(16)19-10-15(11-20(29)32-6-2)13-27-21(19)31-4/h8-10,12-13H,5-7,11,14H2,1-4H3. The number of alkyl halides is 3. The lowest BCUT2D eigenvalue weighted by atomic mass is 9.96. The van der Waals surface area contributed by atoms with E-state index >= 15 is 0 Å². The van der Waals surface area contributed by atoms with Gasteiger partial charge in [-0.2, -0.15) is 13.2 Å². The summed E-state index contributed by atoms with van der Waals surface area (Å²) >= 11 is 0. The number of nitrogens with zero attached hydrogens (tertiary/aromatic N) is 2.